The zero-order chi connectivity index (χ0) is 97.9. The fraction of sp³-hybridized carbons (Fsp3) is 0.277. The molecule has 0 N–H and O–H groups in total. The lowest BCUT2D eigenvalue weighted by Crippen LogP contribution is -2.60. The molecule has 0 unspecified atom stereocenters. The van der Waals surface area contributed by atoms with Gasteiger partial charge in [-0.2, -0.15) is 0 Å². The van der Waals surface area contributed by atoms with Gasteiger partial charge in [0.2, 0.25) is 0 Å². The van der Waals surface area contributed by atoms with Gasteiger partial charge in [0.05, 0.1) is 37.2 Å². The third-order valence-electron chi connectivity index (χ3n) is 31.8. The lowest BCUT2D eigenvalue weighted by atomic mass is 9.33. The Labute approximate surface area is 838 Å². The van der Waals surface area contributed by atoms with E-state index in [4.69, 9.17) is 0 Å². The first-order chi connectivity index (χ1) is 66.3. The molecule has 0 atom stereocenters. The number of aromatic nitrogens is 2. The Morgan fingerprint density at radius 1 is 0.271 bits per heavy atom. The van der Waals surface area contributed by atoms with Gasteiger partial charge in [-0.25, -0.2) is 0 Å². The van der Waals surface area contributed by atoms with Crippen LogP contribution in [-0.4, -0.2) is 22.6 Å². The normalized spacial score (nSPS) is 14.6. The summed E-state index contributed by atoms with van der Waals surface area (Å²) in [6.45, 7) is 60.9. The van der Waals surface area contributed by atoms with Crippen LogP contribution in [0.1, 0.15) is 232 Å². The fourth-order valence-electron chi connectivity index (χ4n) is 23.8. The van der Waals surface area contributed by atoms with E-state index < -0.39 is 0 Å². The predicted octanol–water partition coefficient (Wildman–Crippen LogP) is 33.2. The molecule has 0 saturated carbocycles. The molecule has 698 valence electrons. The van der Waals surface area contributed by atoms with Crippen LogP contribution in [0.2, 0.25) is 0 Å². The highest BCUT2D eigenvalue weighted by Gasteiger charge is 2.49. The van der Waals surface area contributed by atoms with E-state index in [1.807, 2.05) is 22.7 Å². The number of anilines is 12. The maximum Gasteiger partial charge on any atom is 0.252 e. The van der Waals surface area contributed by atoms with Gasteiger partial charge in [0, 0.05) is 110 Å². The zero-order valence-electron chi connectivity index (χ0n) is 86.8. The highest BCUT2D eigenvalue weighted by Crippen LogP contribution is 2.56. The van der Waals surface area contributed by atoms with Gasteiger partial charge in [-0.3, -0.25) is 0 Å². The molecule has 0 bridgehead atoms. The number of nitrogens with zero attached hydrogens (tertiary/aromatic N) is 6. The molecule has 0 saturated heterocycles. The predicted molar refractivity (Wildman–Crippen MR) is 612 cm³/mol. The van der Waals surface area contributed by atoms with Crippen molar-refractivity contribution in [1.82, 2.24) is 9.13 Å². The van der Waals surface area contributed by atoms with Gasteiger partial charge in [-0.05, 0) is 323 Å². The number of aryl methyl sites for hydroxylation is 4. The summed E-state index contributed by atoms with van der Waals surface area (Å²) in [6.07, 6.45) is 2.35. The summed E-state index contributed by atoms with van der Waals surface area (Å²) in [5, 5.41) is 5.38. The van der Waals surface area contributed by atoms with Gasteiger partial charge in [-0.1, -0.05) is 310 Å². The topological polar surface area (TPSA) is 22.8 Å². The molecule has 8 heterocycles. The lowest BCUT2D eigenvalue weighted by Gasteiger charge is -2.45. The van der Waals surface area contributed by atoms with Crippen molar-refractivity contribution in [1.29, 1.82) is 0 Å². The number of hydrogen-bond acceptors (Lipinski definition) is 6. The van der Waals surface area contributed by atoms with Crippen molar-refractivity contribution in [2.24, 2.45) is 0 Å². The number of thiophene rings is 2. The maximum absolute atomic E-state index is 2.69. The van der Waals surface area contributed by atoms with E-state index in [-0.39, 0.29) is 56.7 Å². The van der Waals surface area contributed by atoms with E-state index in [0.29, 0.717) is 0 Å². The van der Waals surface area contributed by atoms with Crippen LogP contribution in [0.15, 0.2) is 291 Å². The second-order valence-corrected chi connectivity index (χ2v) is 50.9. The highest BCUT2D eigenvalue weighted by atomic mass is 32.1. The molecule has 19 aromatic rings. The Morgan fingerprint density at radius 2 is 0.621 bits per heavy atom. The van der Waals surface area contributed by atoms with Crippen molar-refractivity contribution in [3.05, 3.63) is 358 Å². The van der Waals surface area contributed by atoms with Crippen LogP contribution in [0, 0.1) is 27.7 Å². The van der Waals surface area contributed by atoms with Crippen molar-refractivity contribution in [2.45, 2.75) is 236 Å². The molecule has 6 nitrogen and oxygen atoms in total. The lowest BCUT2D eigenvalue weighted by molar-refractivity contribution is 0.332. The van der Waals surface area contributed by atoms with E-state index in [2.05, 4.69) is 500 Å². The minimum Gasteiger partial charge on any atom is -0.311 e. The monoisotopic (exact) mass is 1860 g/mol. The number of rotatable bonds is 9. The average Bonchev–Trinajstić information content (AvgIpc) is 1.49. The van der Waals surface area contributed by atoms with Crippen molar-refractivity contribution >= 4 is 200 Å². The van der Waals surface area contributed by atoms with Crippen LogP contribution in [0.25, 0.3) is 84.9 Å². The summed E-state index contributed by atoms with van der Waals surface area (Å²) in [5.74, 6) is 0. The molecule has 0 radical (unpaired) electrons. The molecule has 5 aliphatic rings. The quantitative estimate of drug-likeness (QED) is 0.134. The first-order valence-electron chi connectivity index (χ1n) is 50.9. The van der Waals surface area contributed by atoms with Gasteiger partial charge in [-0.15, -0.1) is 22.7 Å². The molecule has 0 fully saturated rings. The van der Waals surface area contributed by atoms with Crippen molar-refractivity contribution in [2.75, 3.05) is 19.6 Å². The van der Waals surface area contributed by atoms with Crippen LogP contribution in [0.3, 0.4) is 0 Å². The van der Waals surface area contributed by atoms with E-state index in [9.17, 15) is 0 Å². The second kappa shape index (κ2) is 31.8. The molecule has 24 rings (SSSR count). The van der Waals surface area contributed by atoms with Crippen LogP contribution in [0.4, 0.5) is 68.2 Å². The van der Waals surface area contributed by atoms with Gasteiger partial charge in [0.25, 0.3) is 13.4 Å². The molecular weight excluding hydrogens is 1730 g/mol. The van der Waals surface area contributed by atoms with Crippen molar-refractivity contribution < 1.29 is 0 Å². The summed E-state index contributed by atoms with van der Waals surface area (Å²) in [4.78, 5) is 10.3. The standard InChI is InChI=1S/C66H70BN3S.C64H60BN3S/c1-39-32-55-58-56(33-39)70-59-48(61-60(70)47-18-16-17-19-57(47)71-61)35-43(64(9,10)11)36-52(59)67(58)51-29-28-46(37-54(51)69(55)53-38-50-49(34-40(53)2)65(12,13)30-31-66(50,14)15)68(44-24-20-41(21-25-44)62(3,4)5)45-26-22-42(23-27-45)63(6,7)8;1-39-21-32-53(49(33-39)41-17-13-12-14-18-41)67-54-38-47(66(45-26-22-42(23-27-45)62(3,4)5)46-28-24-43(25-29-46)63(6,7)8)30-31-51(54)65-52-37-44(64(9,10)11)36-50-59(52)68(56-35-40(2)34-55(67)58(56)65)60-48-19-15-16-20-57(48)69-61(50)60/h16-29,32-38H,30-31H2,1-15H3;12-38H,1-11H3. The third kappa shape index (κ3) is 14.6. The van der Waals surface area contributed by atoms with Gasteiger partial charge in [0.1, 0.15) is 0 Å². The summed E-state index contributed by atoms with van der Waals surface area (Å²) < 4.78 is 10.8. The Hall–Kier alpha value is -12.9. The first kappa shape index (κ1) is 91.0. The van der Waals surface area contributed by atoms with Crippen LogP contribution in [-0.2, 0) is 43.3 Å². The number of benzene rings is 15. The molecule has 0 spiro atoms. The summed E-state index contributed by atoms with van der Waals surface area (Å²) in [5.41, 5.74) is 49.1. The smallest absolute Gasteiger partial charge is 0.252 e. The Morgan fingerprint density at radius 3 is 1.01 bits per heavy atom. The van der Waals surface area contributed by atoms with Gasteiger partial charge < -0.3 is 28.7 Å². The molecule has 10 heteroatoms. The van der Waals surface area contributed by atoms with E-state index in [0.717, 1.165) is 40.5 Å². The zero-order valence-corrected chi connectivity index (χ0v) is 88.4. The van der Waals surface area contributed by atoms with Crippen LogP contribution >= 0.6 is 22.7 Å². The van der Waals surface area contributed by atoms with Gasteiger partial charge >= 0.3 is 0 Å². The molecule has 140 heavy (non-hydrogen) atoms. The largest absolute Gasteiger partial charge is 0.311 e. The Balaban J connectivity index is 0.000000156. The average molecular weight is 1860 g/mol. The number of fused-ring (bicyclic) bond motifs is 19. The molecular formula is C130H130B2N6S2. The van der Waals surface area contributed by atoms with E-state index >= 15 is 0 Å². The van der Waals surface area contributed by atoms with E-state index in [1.54, 1.807) is 0 Å². The molecule has 4 aromatic heterocycles. The van der Waals surface area contributed by atoms with Gasteiger partial charge in [0.15, 0.2) is 0 Å². The van der Waals surface area contributed by atoms with Crippen molar-refractivity contribution in [3.8, 4) is 22.5 Å². The molecule has 15 aromatic carbocycles. The first-order valence-corrected chi connectivity index (χ1v) is 52.5. The summed E-state index contributed by atoms with van der Waals surface area (Å²) in [7, 11) is 0. The molecule has 4 aliphatic heterocycles. The van der Waals surface area contributed by atoms with E-state index in [1.165, 1.54) is 225 Å². The summed E-state index contributed by atoms with van der Waals surface area (Å²) >= 11 is 3.90. The van der Waals surface area contributed by atoms with Crippen molar-refractivity contribution in [3.63, 3.8) is 0 Å². The molecule has 0 amide bonds. The van der Waals surface area contributed by atoms with Crippen LogP contribution in [0.5, 0.6) is 0 Å². The minimum atomic E-state index is -0.0579. The molecule has 1 aliphatic carbocycles. The third-order valence-corrected chi connectivity index (χ3v) is 34.1. The second-order valence-electron chi connectivity index (χ2n) is 48.8. The fourth-order valence-corrected chi connectivity index (χ4v) is 26.2. The Kier molecular flexibility index (Phi) is 20.7. The highest BCUT2D eigenvalue weighted by molar-refractivity contribution is 7.27. The number of hydrogen-bond donors (Lipinski definition) is 0. The summed E-state index contributed by atoms with van der Waals surface area (Å²) in [6, 6.07) is 113. The van der Waals surface area contributed by atoms with Crippen LogP contribution < -0.4 is 52.4 Å². The maximum atomic E-state index is 2.69. The minimum absolute atomic E-state index is 0.000294. The SMILES string of the molecule is Cc1cc2c3c(c1)-n1c4c(cc(C(C)(C)C)cc4c4sc5ccccc5c41)B3c1ccc(N(c3ccc(C(C)(C)C)cc3)c3ccc(C(C)(C)C)cc3)cc1N2c1cc2c(cc1C)C(C)(C)CCC2(C)C.Cc1ccc(N2c3cc(N(c4ccc(C(C)(C)C)cc4)c4ccc(C(C)(C)C)cc4)ccc3B3c4c2cc(C)cc4-n2c4c3cc(C(C)(C)C)cc4c3sc4ccccc4c32)c(-c2ccccc2)c1. The Bertz CT molecular complexity index is 8220.